The van der Waals surface area contributed by atoms with Gasteiger partial charge in [0.1, 0.15) is 5.69 Å². The van der Waals surface area contributed by atoms with Crippen LogP contribution in [0.25, 0.3) is 28.3 Å². The molecular formula is C38H28F4N7Ru. The van der Waals surface area contributed by atoms with Gasteiger partial charge in [0, 0.05) is 37.5 Å². The van der Waals surface area contributed by atoms with Gasteiger partial charge < -0.3 is 10.3 Å². The zero-order chi connectivity index (χ0) is 34.4. The number of anilines is 1. The van der Waals surface area contributed by atoms with Crippen LogP contribution in [-0.4, -0.2) is 32.7 Å². The molecule has 50 heavy (non-hydrogen) atoms. The molecule has 0 aliphatic carbocycles. The first kappa shape index (κ1) is 37.0. The van der Waals surface area contributed by atoms with Crippen molar-refractivity contribution in [3.05, 3.63) is 181 Å². The third kappa shape index (κ3) is 9.18. The summed E-state index contributed by atoms with van der Waals surface area (Å²) in [5, 5.41) is 2.26. The Hall–Kier alpha value is -5.87. The van der Waals surface area contributed by atoms with Crippen molar-refractivity contribution in [2.24, 2.45) is 4.99 Å². The molecule has 0 spiro atoms. The van der Waals surface area contributed by atoms with Crippen molar-refractivity contribution in [3.8, 4) is 22.8 Å². The first-order chi connectivity index (χ1) is 24.0. The van der Waals surface area contributed by atoms with Gasteiger partial charge in [0.2, 0.25) is 0 Å². The van der Waals surface area contributed by atoms with Crippen LogP contribution in [0.5, 0.6) is 0 Å². The fraction of sp³-hybridized carbons (Fsp3) is 0.0263. The molecule has 7 nitrogen and oxygen atoms in total. The molecule has 1 aliphatic rings. The quantitative estimate of drug-likeness (QED) is 0.0761. The molecule has 0 saturated carbocycles. The topological polar surface area (TPSA) is 90.1 Å². The Balaban J connectivity index is 0.000000187. The van der Waals surface area contributed by atoms with E-state index in [1.54, 1.807) is 36.9 Å². The van der Waals surface area contributed by atoms with Gasteiger partial charge in [-0.2, -0.15) is 6.20 Å². The second-order valence-electron chi connectivity index (χ2n) is 9.96. The summed E-state index contributed by atoms with van der Waals surface area (Å²) in [4.78, 5) is 24.7. The Morgan fingerprint density at radius 1 is 0.660 bits per heavy atom. The van der Waals surface area contributed by atoms with Crippen molar-refractivity contribution >= 4 is 17.5 Å². The van der Waals surface area contributed by atoms with Crippen molar-refractivity contribution < 1.29 is 37.0 Å². The molecule has 7 rings (SSSR count). The minimum Gasteiger partial charge on any atom is -0.664 e. The van der Waals surface area contributed by atoms with Crippen molar-refractivity contribution in [2.75, 3.05) is 11.9 Å². The number of hydrogen-bond donors (Lipinski definition) is 1. The van der Waals surface area contributed by atoms with Crippen molar-refractivity contribution in [1.29, 1.82) is 0 Å². The van der Waals surface area contributed by atoms with E-state index in [2.05, 4.69) is 41.8 Å². The molecule has 0 bridgehead atoms. The molecule has 1 aromatic carbocycles. The van der Waals surface area contributed by atoms with Crippen LogP contribution in [-0.2, 0) is 19.5 Å². The standard InChI is InChI=1S/C18H12F4N3.2C10H8N2.Ru/c1-2-7-25-18-16(21)14(19)13(15(20)17(18)22)12(10-5-3-8-23-10)11-6-4-9-24-11;2*1-3-7-11-9(5-1)10-6-2-4-8-12-10;/h2-6,8-9,25H,1,7H2;2*1-8H;/q-1;;;+1/b12-10+;;;. The molecule has 12 heteroatoms. The molecule has 251 valence electrons. The van der Waals surface area contributed by atoms with E-state index >= 15 is 0 Å². The van der Waals surface area contributed by atoms with Gasteiger partial charge in [-0.05, 0) is 66.3 Å². The van der Waals surface area contributed by atoms with Crippen LogP contribution in [0.1, 0.15) is 11.3 Å². The average Bonchev–Trinajstić information content (AvgIpc) is 3.91. The van der Waals surface area contributed by atoms with Gasteiger partial charge in [-0.25, -0.2) is 17.6 Å². The van der Waals surface area contributed by atoms with Crippen LogP contribution >= 0.6 is 0 Å². The number of aromatic nitrogens is 5. The molecule has 0 atom stereocenters. The molecule has 6 aromatic rings. The maximum Gasteiger partial charge on any atom is 1.00 e. The van der Waals surface area contributed by atoms with Gasteiger partial charge >= 0.3 is 19.5 Å². The summed E-state index contributed by atoms with van der Waals surface area (Å²) in [6, 6.07) is 26.2. The van der Waals surface area contributed by atoms with Crippen LogP contribution in [0, 0.1) is 23.3 Å². The molecule has 0 amide bonds. The summed E-state index contributed by atoms with van der Waals surface area (Å²) in [5.74, 6) is -6.09. The van der Waals surface area contributed by atoms with Crippen LogP contribution < -0.4 is 10.3 Å². The number of nitrogens with zero attached hydrogens (tertiary/aromatic N) is 6. The van der Waals surface area contributed by atoms with E-state index in [0.29, 0.717) is 0 Å². The van der Waals surface area contributed by atoms with Gasteiger partial charge in [0.05, 0.1) is 34.0 Å². The van der Waals surface area contributed by atoms with Crippen molar-refractivity contribution in [1.82, 2.24) is 24.9 Å². The molecule has 1 N–H and O–H groups in total. The van der Waals surface area contributed by atoms with E-state index in [1.807, 2.05) is 72.8 Å². The second kappa shape index (κ2) is 18.6. The van der Waals surface area contributed by atoms with Gasteiger partial charge in [-0.15, -0.1) is 12.3 Å². The Morgan fingerprint density at radius 3 is 1.48 bits per heavy atom. The third-order valence-electron chi connectivity index (χ3n) is 6.74. The van der Waals surface area contributed by atoms with E-state index in [-0.39, 0.29) is 43.0 Å². The summed E-state index contributed by atoms with van der Waals surface area (Å²) in [6.45, 7) is 3.32. The molecule has 0 saturated heterocycles. The Bertz CT molecular complexity index is 1860. The zero-order valence-electron chi connectivity index (χ0n) is 26.2. The fourth-order valence-electron chi connectivity index (χ4n) is 4.52. The van der Waals surface area contributed by atoms with Crippen LogP contribution in [0.4, 0.5) is 23.2 Å². The number of pyridine rings is 4. The van der Waals surface area contributed by atoms with Crippen molar-refractivity contribution in [2.45, 2.75) is 0 Å². The smallest absolute Gasteiger partial charge is 0.664 e. The fourth-order valence-corrected chi connectivity index (χ4v) is 4.52. The third-order valence-corrected chi connectivity index (χ3v) is 6.74. The van der Waals surface area contributed by atoms with Crippen LogP contribution in [0.2, 0.25) is 0 Å². The van der Waals surface area contributed by atoms with E-state index < -0.39 is 34.5 Å². The zero-order valence-corrected chi connectivity index (χ0v) is 28.0. The minimum absolute atomic E-state index is 0. The summed E-state index contributed by atoms with van der Waals surface area (Å²) in [6.07, 6.45) is 14.2. The number of halogens is 4. The summed E-state index contributed by atoms with van der Waals surface area (Å²) >= 11 is 0. The largest absolute Gasteiger partial charge is 1.00 e. The number of rotatable bonds is 7. The monoisotopic (exact) mass is 760 g/mol. The number of aliphatic imine (C=N–C) groups is 1. The first-order valence-electron chi connectivity index (χ1n) is 14.9. The molecule has 6 heterocycles. The van der Waals surface area contributed by atoms with Gasteiger partial charge in [0.25, 0.3) is 0 Å². The maximum absolute atomic E-state index is 14.6. The molecule has 5 aromatic heterocycles. The van der Waals surface area contributed by atoms with Crippen LogP contribution in [0.15, 0.2) is 151 Å². The predicted molar refractivity (Wildman–Crippen MR) is 183 cm³/mol. The van der Waals surface area contributed by atoms with E-state index in [0.717, 1.165) is 22.8 Å². The second-order valence-corrected chi connectivity index (χ2v) is 9.96. The van der Waals surface area contributed by atoms with Gasteiger partial charge in [0.15, 0.2) is 23.3 Å². The number of allylic oxidation sites excluding steroid dienone is 2. The molecule has 0 unspecified atom stereocenters. The predicted octanol–water partition coefficient (Wildman–Crippen LogP) is 8.48. The molecular weight excluding hydrogens is 732 g/mol. The minimum atomic E-state index is -1.52. The SMILES string of the molecule is C=CCNc1c(F)c(F)c(/C(=C2\C=CC=N2)c2ccc[n-]2)c(F)c1F.[Ru+].c1ccc(-c2ccccn2)nc1.c1ccc(-c2ccccn2)nc1. The summed E-state index contributed by atoms with van der Waals surface area (Å²) < 4.78 is 58.0. The Labute approximate surface area is 299 Å². The first-order valence-corrected chi connectivity index (χ1v) is 14.9. The molecule has 1 aliphatic heterocycles. The van der Waals surface area contributed by atoms with Gasteiger partial charge in [-0.1, -0.05) is 42.5 Å². The molecule has 1 radical (unpaired) electrons. The normalized spacial score (nSPS) is 12.1. The number of benzene rings is 1. The maximum atomic E-state index is 14.6. The molecule has 0 fully saturated rings. The average molecular weight is 760 g/mol. The Kier molecular flexibility index (Phi) is 13.8. The van der Waals surface area contributed by atoms with E-state index in [1.165, 1.54) is 30.6 Å². The van der Waals surface area contributed by atoms with E-state index in [9.17, 15) is 17.6 Å². The van der Waals surface area contributed by atoms with Gasteiger partial charge in [-0.3, -0.25) is 24.9 Å². The number of nitrogens with one attached hydrogen (secondary N) is 1. The summed E-state index contributed by atoms with van der Waals surface area (Å²) in [7, 11) is 0. The summed E-state index contributed by atoms with van der Waals surface area (Å²) in [5.41, 5.74) is 2.11. The Morgan fingerprint density at radius 2 is 1.14 bits per heavy atom. The van der Waals surface area contributed by atoms with Crippen molar-refractivity contribution in [3.63, 3.8) is 0 Å². The van der Waals surface area contributed by atoms with Crippen LogP contribution in [0.3, 0.4) is 0 Å². The van der Waals surface area contributed by atoms with E-state index in [4.69, 9.17) is 0 Å². The number of hydrogen-bond acceptors (Lipinski definition) is 6.